The van der Waals surface area contributed by atoms with E-state index in [4.69, 9.17) is 0 Å². The highest BCUT2D eigenvalue weighted by atomic mass is 16.6. The van der Waals surface area contributed by atoms with E-state index >= 15 is 0 Å². The summed E-state index contributed by atoms with van der Waals surface area (Å²) in [6.45, 7) is 4.55. The normalized spacial score (nSPS) is 15.5. The molecular weight excluding hydrogens is 332 g/mol. The zero-order chi connectivity index (χ0) is 18.4. The molecule has 136 valence electrons. The molecule has 1 fully saturated rings. The highest BCUT2D eigenvalue weighted by Crippen LogP contribution is 2.23. The van der Waals surface area contributed by atoms with Gasteiger partial charge in [-0.1, -0.05) is 42.5 Å². The first-order chi connectivity index (χ1) is 12.6. The van der Waals surface area contributed by atoms with Gasteiger partial charge in [-0.15, -0.1) is 0 Å². The van der Waals surface area contributed by atoms with Crippen molar-refractivity contribution in [1.82, 2.24) is 9.80 Å². The fraction of sp³-hybridized carbons (Fsp3) is 0.316. The number of carbonyl (C=O) groups is 1. The largest absolute Gasteiger partial charge is 0.319 e. The van der Waals surface area contributed by atoms with Gasteiger partial charge in [0.25, 0.3) is 5.69 Å². The number of nitrogens with zero attached hydrogens (tertiary/aromatic N) is 3. The molecule has 0 bridgehead atoms. The van der Waals surface area contributed by atoms with Crippen molar-refractivity contribution >= 4 is 17.3 Å². The Labute approximate surface area is 152 Å². The van der Waals surface area contributed by atoms with Gasteiger partial charge in [0.2, 0.25) is 5.91 Å². The van der Waals surface area contributed by atoms with Crippen LogP contribution in [0, 0.1) is 10.1 Å². The number of anilines is 1. The molecule has 1 heterocycles. The Kier molecular flexibility index (Phi) is 5.93. The molecule has 7 nitrogen and oxygen atoms in total. The molecule has 0 aliphatic carbocycles. The van der Waals surface area contributed by atoms with Crippen LogP contribution >= 0.6 is 0 Å². The van der Waals surface area contributed by atoms with Crippen molar-refractivity contribution in [3.05, 3.63) is 70.3 Å². The molecule has 3 rings (SSSR count). The Bertz CT molecular complexity index is 758. The maximum Gasteiger partial charge on any atom is 0.292 e. The van der Waals surface area contributed by atoms with E-state index in [0.29, 0.717) is 0 Å². The summed E-state index contributed by atoms with van der Waals surface area (Å²) in [5.41, 5.74) is 1.44. The zero-order valence-corrected chi connectivity index (χ0v) is 14.5. The molecule has 0 spiro atoms. The van der Waals surface area contributed by atoms with Crippen molar-refractivity contribution in [3.8, 4) is 0 Å². The summed E-state index contributed by atoms with van der Waals surface area (Å²) in [4.78, 5) is 27.2. The van der Waals surface area contributed by atoms with E-state index in [2.05, 4.69) is 27.2 Å². The zero-order valence-electron chi connectivity index (χ0n) is 14.5. The molecule has 0 saturated carbocycles. The van der Waals surface area contributed by atoms with Gasteiger partial charge in [-0.25, -0.2) is 0 Å². The molecule has 2 aromatic carbocycles. The molecule has 26 heavy (non-hydrogen) atoms. The number of hydrogen-bond donors (Lipinski definition) is 1. The van der Waals surface area contributed by atoms with Crippen LogP contribution in [0.4, 0.5) is 11.4 Å². The molecule has 7 heteroatoms. The lowest BCUT2D eigenvalue weighted by Gasteiger charge is -2.34. The van der Waals surface area contributed by atoms with Crippen molar-refractivity contribution in [2.75, 3.05) is 38.0 Å². The number of benzene rings is 2. The first-order valence-electron chi connectivity index (χ1n) is 8.64. The smallest absolute Gasteiger partial charge is 0.292 e. The van der Waals surface area contributed by atoms with Gasteiger partial charge in [0.1, 0.15) is 5.69 Å². The van der Waals surface area contributed by atoms with Crippen LogP contribution in [0.2, 0.25) is 0 Å². The Morgan fingerprint density at radius 1 is 0.962 bits per heavy atom. The lowest BCUT2D eigenvalue weighted by Crippen LogP contribution is -2.48. The predicted molar refractivity (Wildman–Crippen MR) is 99.9 cm³/mol. The van der Waals surface area contributed by atoms with E-state index in [0.717, 1.165) is 32.7 Å². The fourth-order valence-corrected chi connectivity index (χ4v) is 3.08. The monoisotopic (exact) mass is 354 g/mol. The van der Waals surface area contributed by atoms with Gasteiger partial charge in [0.05, 0.1) is 11.5 Å². The quantitative estimate of drug-likeness (QED) is 0.636. The van der Waals surface area contributed by atoms with Crippen LogP contribution in [-0.2, 0) is 11.3 Å². The highest BCUT2D eigenvalue weighted by molar-refractivity contribution is 5.94. The Balaban J connectivity index is 1.47. The van der Waals surface area contributed by atoms with Crippen LogP contribution in [0.25, 0.3) is 0 Å². The maximum atomic E-state index is 12.2. The number of carbonyl (C=O) groups excluding carboxylic acids is 1. The number of hydrogen-bond acceptors (Lipinski definition) is 5. The molecule has 1 N–H and O–H groups in total. The molecule has 1 amide bonds. The molecule has 2 aromatic rings. The van der Waals surface area contributed by atoms with Crippen LogP contribution in [0.1, 0.15) is 5.56 Å². The second kappa shape index (κ2) is 8.55. The van der Waals surface area contributed by atoms with Crippen molar-refractivity contribution in [1.29, 1.82) is 0 Å². The molecular formula is C19H22N4O3. The minimum Gasteiger partial charge on any atom is -0.319 e. The summed E-state index contributed by atoms with van der Waals surface area (Å²) >= 11 is 0. The van der Waals surface area contributed by atoms with Gasteiger partial charge < -0.3 is 5.32 Å². The number of nitro benzene ring substituents is 1. The van der Waals surface area contributed by atoms with Crippen molar-refractivity contribution in [2.45, 2.75) is 6.54 Å². The Hall–Kier alpha value is -2.77. The van der Waals surface area contributed by atoms with E-state index in [-0.39, 0.29) is 23.8 Å². The summed E-state index contributed by atoms with van der Waals surface area (Å²) in [6, 6.07) is 16.5. The molecule has 0 atom stereocenters. The van der Waals surface area contributed by atoms with Gasteiger partial charge in [0, 0.05) is 38.8 Å². The number of piperazine rings is 1. The summed E-state index contributed by atoms with van der Waals surface area (Å²) < 4.78 is 0. The number of nitro groups is 1. The van der Waals surface area contributed by atoms with Crippen LogP contribution in [0.15, 0.2) is 54.6 Å². The molecule has 0 unspecified atom stereocenters. The second-order valence-electron chi connectivity index (χ2n) is 6.36. The molecule has 1 saturated heterocycles. The van der Waals surface area contributed by atoms with E-state index in [1.54, 1.807) is 18.2 Å². The number of amides is 1. The third-order valence-corrected chi connectivity index (χ3v) is 4.46. The third kappa shape index (κ3) is 4.87. The summed E-state index contributed by atoms with van der Waals surface area (Å²) in [5.74, 6) is -0.226. The Morgan fingerprint density at radius 3 is 2.27 bits per heavy atom. The van der Waals surface area contributed by atoms with Crippen LogP contribution in [-0.4, -0.2) is 53.4 Å². The molecule has 1 aliphatic rings. The lowest BCUT2D eigenvalue weighted by atomic mass is 10.2. The topological polar surface area (TPSA) is 78.7 Å². The van der Waals surface area contributed by atoms with Crippen molar-refractivity contribution in [3.63, 3.8) is 0 Å². The molecule has 0 aromatic heterocycles. The first kappa shape index (κ1) is 18.0. The van der Waals surface area contributed by atoms with Crippen LogP contribution in [0.3, 0.4) is 0 Å². The highest BCUT2D eigenvalue weighted by Gasteiger charge is 2.20. The Morgan fingerprint density at radius 2 is 1.58 bits per heavy atom. The number of rotatable bonds is 6. The minimum absolute atomic E-state index is 0.0893. The van der Waals surface area contributed by atoms with Crippen LogP contribution in [0.5, 0.6) is 0 Å². The van der Waals surface area contributed by atoms with E-state index in [9.17, 15) is 14.9 Å². The van der Waals surface area contributed by atoms with E-state index in [1.807, 2.05) is 18.2 Å². The summed E-state index contributed by atoms with van der Waals surface area (Å²) in [7, 11) is 0. The SMILES string of the molecule is O=C(CN1CCN(Cc2ccccc2)CC1)Nc1ccccc1[N+](=O)[O-]. The second-order valence-corrected chi connectivity index (χ2v) is 6.36. The first-order valence-corrected chi connectivity index (χ1v) is 8.64. The van der Waals surface area contributed by atoms with E-state index in [1.165, 1.54) is 11.6 Å². The lowest BCUT2D eigenvalue weighted by molar-refractivity contribution is -0.383. The van der Waals surface area contributed by atoms with Gasteiger partial charge in [0.15, 0.2) is 0 Å². The molecule has 0 radical (unpaired) electrons. The van der Waals surface area contributed by atoms with Gasteiger partial charge in [-0.3, -0.25) is 24.7 Å². The standard InChI is InChI=1S/C19H22N4O3/c24-19(20-17-8-4-5-9-18(17)23(25)26)15-22-12-10-21(11-13-22)14-16-6-2-1-3-7-16/h1-9H,10-15H2,(H,20,24). The predicted octanol–water partition coefficient (Wildman–Crippen LogP) is 2.35. The fourth-order valence-electron chi connectivity index (χ4n) is 3.08. The van der Waals surface area contributed by atoms with E-state index < -0.39 is 4.92 Å². The van der Waals surface area contributed by atoms with Crippen molar-refractivity contribution in [2.24, 2.45) is 0 Å². The summed E-state index contributed by atoms with van der Waals surface area (Å²) in [5, 5.41) is 13.7. The van der Waals surface area contributed by atoms with Crippen LogP contribution < -0.4 is 5.32 Å². The van der Waals surface area contributed by atoms with Gasteiger partial charge >= 0.3 is 0 Å². The maximum absolute atomic E-state index is 12.2. The molecule has 1 aliphatic heterocycles. The number of nitrogens with one attached hydrogen (secondary N) is 1. The third-order valence-electron chi connectivity index (χ3n) is 4.46. The average molecular weight is 354 g/mol. The minimum atomic E-state index is -0.488. The van der Waals surface area contributed by atoms with Gasteiger partial charge in [-0.2, -0.15) is 0 Å². The average Bonchev–Trinajstić information content (AvgIpc) is 2.64. The number of para-hydroxylation sites is 2. The van der Waals surface area contributed by atoms with Crippen molar-refractivity contribution < 1.29 is 9.72 Å². The van der Waals surface area contributed by atoms with Gasteiger partial charge in [-0.05, 0) is 11.6 Å². The summed E-state index contributed by atoms with van der Waals surface area (Å²) in [6.07, 6.45) is 0.